The Morgan fingerprint density at radius 2 is 1.84 bits per heavy atom. The van der Waals surface area contributed by atoms with Crippen LogP contribution < -0.4 is 15.9 Å². The zero-order valence-corrected chi connectivity index (χ0v) is 18.2. The van der Waals surface area contributed by atoms with Gasteiger partial charge in [0.1, 0.15) is 0 Å². The van der Waals surface area contributed by atoms with Gasteiger partial charge >= 0.3 is 5.69 Å². The summed E-state index contributed by atoms with van der Waals surface area (Å²) in [4.78, 5) is 46.1. The van der Waals surface area contributed by atoms with Gasteiger partial charge in [-0.2, -0.15) is 0 Å². The number of aromatic amines is 2. The number of nitrogens with one attached hydrogen (secondary N) is 3. The van der Waals surface area contributed by atoms with E-state index in [1.807, 2.05) is 48.7 Å². The number of H-pyrrole nitrogens is 2. The van der Waals surface area contributed by atoms with Crippen molar-refractivity contribution in [3.8, 4) is 0 Å². The summed E-state index contributed by atoms with van der Waals surface area (Å²) < 4.78 is 0. The largest absolute Gasteiger partial charge is 0.326 e. The third-order valence-corrected chi connectivity index (χ3v) is 6.81. The van der Waals surface area contributed by atoms with E-state index < -0.39 is 5.92 Å². The summed E-state index contributed by atoms with van der Waals surface area (Å²) >= 11 is 1.55. The maximum absolute atomic E-state index is 13.4. The molecule has 8 heteroatoms. The molecule has 3 N–H and O–H groups in total. The highest BCUT2D eigenvalue weighted by atomic mass is 32.1. The Labute approximate surface area is 188 Å². The van der Waals surface area contributed by atoms with Gasteiger partial charge in [0.15, 0.2) is 0 Å². The quantitative estimate of drug-likeness (QED) is 0.435. The second-order valence-electron chi connectivity index (χ2n) is 8.03. The molecule has 2 unspecified atom stereocenters. The third-order valence-electron chi connectivity index (χ3n) is 5.86. The molecule has 4 aromatic rings. The van der Waals surface area contributed by atoms with Crippen LogP contribution in [-0.2, 0) is 9.59 Å². The molecule has 1 aliphatic heterocycles. The van der Waals surface area contributed by atoms with Gasteiger partial charge < -0.3 is 20.2 Å². The number of aryl methyl sites for hydroxylation is 1. The van der Waals surface area contributed by atoms with Gasteiger partial charge in [-0.15, -0.1) is 11.3 Å². The minimum Gasteiger partial charge on any atom is -0.326 e. The number of piperidine rings is 1. The number of imidazole rings is 1. The molecule has 162 valence electrons. The highest BCUT2D eigenvalue weighted by Crippen LogP contribution is 2.42. The van der Waals surface area contributed by atoms with Gasteiger partial charge in [0, 0.05) is 22.7 Å². The number of benzene rings is 2. The van der Waals surface area contributed by atoms with E-state index in [2.05, 4.69) is 15.3 Å². The Balaban J connectivity index is 1.49. The van der Waals surface area contributed by atoms with E-state index in [1.165, 1.54) is 0 Å². The maximum atomic E-state index is 13.4. The van der Waals surface area contributed by atoms with E-state index >= 15 is 0 Å². The molecule has 3 heterocycles. The van der Waals surface area contributed by atoms with Gasteiger partial charge in [-0.3, -0.25) is 9.59 Å². The van der Waals surface area contributed by atoms with E-state index in [-0.39, 0.29) is 23.5 Å². The van der Waals surface area contributed by atoms with Crippen LogP contribution in [0.4, 0.5) is 11.4 Å². The number of hydrogen-bond acceptors (Lipinski definition) is 4. The Morgan fingerprint density at radius 3 is 2.59 bits per heavy atom. The van der Waals surface area contributed by atoms with Crippen LogP contribution in [0.15, 0.2) is 64.8 Å². The van der Waals surface area contributed by atoms with Crippen LogP contribution in [0.25, 0.3) is 11.0 Å². The summed E-state index contributed by atoms with van der Waals surface area (Å²) in [5, 5.41) is 4.96. The molecule has 1 saturated heterocycles. The second-order valence-corrected chi connectivity index (χ2v) is 9.01. The van der Waals surface area contributed by atoms with Crippen molar-refractivity contribution in [3.05, 3.63) is 80.9 Å². The molecule has 0 aliphatic carbocycles. The molecular weight excluding hydrogens is 424 g/mol. The van der Waals surface area contributed by atoms with E-state index in [1.54, 1.807) is 34.4 Å². The molecule has 2 amide bonds. The molecule has 1 fully saturated rings. The number of nitrogens with zero attached hydrogens (tertiary/aromatic N) is 1. The standard InChI is InChI=1S/C24H22N4O3S/c1-14-4-7-16(8-5-14)28-21(29)11-9-17(22(28)20-3-2-12-32-20)23(30)25-15-6-10-18-19(13-15)27-24(31)26-18/h2-8,10,12-13,17,22H,9,11H2,1H3,(H,25,30)(H2,26,27,31). The second kappa shape index (κ2) is 8.12. The number of amides is 2. The number of thiophene rings is 1. The normalized spacial score (nSPS) is 18.8. The predicted molar refractivity (Wildman–Crippen MR) is 126 cm³/mol. The molecule has 7 nitrogen and oxygen atoms in total. The Morgan fingerprint density at radius 1 is 1.06 bits per heavy atom. The lowest BCUT2D eigenvalue weighted by Gasteiger charge is -2.40. The predicted octanol–water partition coefficient (Wildman–Crippen LogP) is 4.35. The van der Waals surface area contributed by atoms with Crippen molar-refractivity contribution in [2.45, 2.75) is 25.8 Å². The number of anilines is 2. The fourth-order valence-corrected chi connectivity index (χ4v) is 5.19. The number of hydrogen-bond donors (Lipinski definition) is 3. The summed E-state index contributed by atoms with van der Waals surface area (Å²) in [7, 11) is 0. The van der Waals surface area contributed by atoms with Gasteiger partial charge in [-0.05, 0) is 55.1 Å². The average molecular weight is 447 g/mol. The topological polar surface area (TPSA) is 98.1 Å². The van der Waals surface area contributed by atoms with Crippen LogP contribution in [0.2, 0.25) is 0 Å². The van der Waals surface area contributed by atoms with Gasteiger partial charge in [0.05, 0.1) is 23.0 Å². The first kappa shape index (κ1) is 20.3. The van der Waals surface area contributed by atoms with Crippen molar-refractivity contribution in [1.29, 1.82) is 0 Å². The summed E-state index contributed by atoms with van der Waals surface area (Å²) in [6.45, 7) is 2.00. The van der Waals surface area contributed by atoms with Crippen LogP contribution in [0, 0.1) is 12.8 Å². The first-order chi connectivity index (χ1) is 15.5. The molecule has 0 saturated carbocycles. The molecule has 0 bridgehead atoms. The molecule has 1 aliphatic rings. The van der Waals surface area contributed by atoms with Crippen molar-refractivity contribution in [1.82, 2.24) is 9.97 Å². The van der Waals surface area contributed by atoms with Crippen LogP contribution in [0.1, 0.15) is 29.3 Å². The third kappa shape index (κ3) is 3.73. The smallest absolute Gasteiger partial charge is 0.323 e. The highest BCUT2D eigenvalue weighted by molar-refractivity contribution is 7.10. The highest BCUT2D eigenvalue weighted by Gasteiger charge is 2.42. The van der Waals surface area contributed by atoms with E-state index in [0.29, 0.717) is 29.6 Å². The molecule has 32 heavy (non-hydrogen) atoms. The summed E-state index contributed by atoms with van der Waals surface area (Å²) in [6, 6.07) is 16.6. The first-order valence-electron chi connectivity index (χ1n) is 10.4. The van der Waals surface area contributed by atoms with Crippen molar-refractivity contribution in [2.75, 3.05) is 10.2 Å². The average Bonchev–Trinajstić information content (AvgIpc) is 3.43. The molecular formula is C24H22N4O3S. The molecule has 0 spiro atoms. The maximum Gasteiger partial charge on any atom is 0.323 e. The van der Waals surface area contributed by atoms with E-state index in [9.17, 15) is 14.4 Å². The minimum atomic E-state index is -0.409. The van der Waals surface area contributed by atoms with E-state index in [0.717, 1.165) is 16.1 Å². The van der Waals surface area contributed by atoms with Gasteiger partial charge in [0.2, 0.25) is 11.8 Å². The number of fused-ring (bicyclic) bond motifs is 1. The lowest BCUT2D eigenvalue weighted by molar-refractivity contribution is -0.125. The molecule has 2 aromatic carbocycles. The van der Waals surface area contributed by atoms with Crippen LogP contribution in [0.5, 0.6) is 0 Å². The zero-order chi connectivity index (χ0) is 22.2. The fraction of sp³-hybridized carbons (Fsp3) is 0.208. The molecule has 2 atom stereocenters. The van der Waals surface area contributed by atoms with Crippen molar-refractivity contribution in [2.24, 2.45) is 5.92 Å². The van der Waals surface area contributed by atoms with Crippen LogP contribution in [-0.4, -0.2) is 21.8 Å². The van der Waals surface area contributed by atoms with Gasteiger partial charge in [-0.1, -0.05) is 23.8 Å². The fourth-order valence-electron chi connectivity index (χ4n) is 4.31. The summed E-state index contributed by atoms with van der Waals surface area (Å²) in [5.74, 6) is -0.540. The lowest BCUT2D eigenvalue weighted by Crippen LogP contribution is -2.46. The van der Waals surface area contributed by atoms with Crippen molar-refractivity contribution in [3.63, 3.8) is 0 Å². The molecule has 5 rings (SSSR count). The molecule has 2 aromatic heterocycles. The van der Waals surface area contributed by atoms with Crippen LogP contribution >= 0.6 is 11.3 Å². The Bertz CT molecular complexity index is 1340. The Hall–Kier alpha value is -3.65. The minimum absolute atomic E-state index is 0.0163. The van der Waals surface area contributed by atoms with Crippen molar-refractivity contribution < 1.29 is 9.59 Å². The van der Waals surface area contributed by atoms with Gasteiger partial charge in [0.25, 0.3) is 0 Å². The first-order valence-corrected chi connectivity index (χ1v) is 11.3. The molecule has 0 radical (unpaired) electrons. The number of aromatic nitrogens is 2. The van der Waals surface area contributed by atoms with Gasteiger partial charge in [-0.25, -0.2) is 4.79 Å². The van der Waals surface area contributed by atoms with Crippen LogP contribution in [0.3, 0.4) is 0 Å². The number of rotatable bonds is 4. The lowest BCUT2D eigenvalue weighted by atomic mass is 9.86. The number of carbonyl (C=O) groups excluding carboxylic acids is 2. The van der Waals surface area contributed by atoms with E-state index in [4.69, 9.17) is 0 Å². The summed E-state index contributed by atoms with van der Waals surface area (Å²) in [5.41, 5.74) is 3.52. The number of carbonyl (C=O) groups is 2. The SMILES string of the molecule is Cc1ccc(N2C(=O)CCC(C(=O)Nc3ccc4[nH]c(=O)[nH]c4c3)C2c2cccs2)cc1. The zero-order valence-electron chi connectivity index (χ0n) is 17.4. The summed E-state index contributed by atoms with van der Waals surface area (Å²) in [6.07, 6.45) is 0.775. The monoisotopic (exact) mass is 446 g/mol. The van der Waals surface area contributed by atoms with Crippen molar-refractivity contribution >= 4 is 45.6 Å². The Kier molecular flexibility index (Phi) is 5.14.